The quantitative estimate of drug-likeness (QED) is 0.521. The van der Waals surface area contributed by atoms with E-state index >= 15 is 0 Å². The minimum Gasteiger partial charge on any atom is -0.481 e. The highest BCUT2D eigenvalue weighted by atomic mass is 19.1. The molecule has 3 aromatic rings. The average Bonchev–Trinajstić information content (AvgIpc) is 3.09. The lowest BCUT2D eigenvalue weighted by molar-refractivity contribution is -0.384. The van der Waals surface area contributed by atoms with Crippen molar-refractivity contribution in [1.29, 1.82) is 0 Å². The van der Waals surface area contributed by atoms with Crippen LogP contribution in [0.1, 0.15) is 0 Å². The van der Waals surface area contributed by atoms with Crippen molar-refractivity contribution in [1.82, 2.24) is 10.2 Å². The number of rotatable bonds is 6. The summed E-state index contributed by atoms with van der Waals surface area (Å²) in [6, 6.07) is 13.3. The molecule has 0 unspecified atom stereocenters. The smallest absolute Gasteiger partial charge is 0.270 e. The molecular weight excluding hydrogens is 343 g/mol. The zero-order chi connectivity index (χ0) is 18.5. The lowest BCUT2D eigenvalue weighted by Gasteiger charge is -2.06. The molecule has 3 rings (SSSR count). The monoisotopic (exact) mass is 356 g/mol. The van der Waals surface area contributed by atoms with E-state index < -0.39 is 16.6 Å². The number of aromatic nitrogens is 2. The number of hydrogen-bond acceptors (Lipinski definition) is 5. The van der Waals surface area contributed by atoms with Crippen molar-refractivity contribution in [2.75, 3.05) is 11.9 Å². The maximum atomic E-state index is 13.4. The zero-order valence-electron chi connectivity index (χ0n) is 13.3. The number of nitrogens with zero attached hydrogens (tertiary/aromatic N) is 2. The van der Waals surface area contributed by atoms with Crippen LogP contribution in [-0.4, -0.2) is 27.6 Å². The Balaban J connectivity index is 1.63. The number of benzene rings is 2. The van der Waals surface area contributed by atoms with Gasteiger partial charge >= 0.3 is 0 Å². The van der Waals surface area contributed by atoms with Gasteiger partial charge in [-0.3, -0.25) is 20.0 Å². The highest BCUT2D eigenvalue weighted by Crippen LogP contribution is 2.24. The highest BCUT2D eigenvalue weighted by molar-refractivity contribution is 5.91. The Kier molecular flexibility index (Phi) is 4.88. The molecule has 26 heavy (non-hydrogen) atoms. The van der Waals surface area contributed by atoms with Gasteiger partial charge in [0.05, 0.1) is 10.6 Å². The van der Waals surface area contributed by atoms with Crippen LogP contribution in [0.4, 0.5) is 15.9 Å². The summed E-state index contributed by atoms with van der Waals surface area (Å²) in [6.07, 6.45) is 0. The summed E-state index contributed by atoms with van der Waals surface area (Å²) < 4.78 is 18.5. The van der Waals surface area contributed by atoms with Crippen LogP contribution in [-0.2, 0) is 4.79 Å². The fourth-order valence-corrected chi connectivity index (χ4v) is 2.20. The third-order valence-corrected chi connectivity index (χ3v) is 3.41. The van der Waals surface area contributed by atoms with E-state index in [1.165, 1.54) is 36.4 Å². The van der Waals surface area contributed by atoms with E-state index in [1.807, 2.05) is 0 Å². The normalized spacial score (nSPS) is 10.3. The lowest BCUT2D eigenvalue weighted by Crippen LogP contribution is -2.20. The average molecular weight is 356 g/mol. The van der Waals surface area contributed by atoms with Crippen molar-refractivity contribution in [3.05, 3.63) is 70.5 Å². The topological polar surface area (TPSA) is 110 Å². The number of H-pyrrole nitrogens is 1. The fraction of sp³-hybridized carbons (Fsp3) is 0.0588. The van der Waals surface area contributed by atoms with Gasteiger partial charge in [0.25, 0.3) is 11.6 Å². The molecule has 0 aliphatic heterocycles. The van der Waals surface area contributed by atoms with Crippen LogP contribution in [0.25, 0.3) is 11.3 Å². The predicted octanol–water partition coefficient (Wildman–Crippen LogP) is 3.14. The van der Waals surface area contributed by atoms with Gasteiger partial charge in [0, 0.05) is 23.8 Å². The molecule has 1 aromatic heterocycles. The van der Waals surface area contributed by atoms with Gasteiger partial charge in [-0.2, -0.15) is 5.10 Å². The van der Waals surface area contributed by atoms with E-state index in [1.54, 1.807) is 18.2 Å². The van der Waals surface area contributed by atoms with Gasteiger partial charge in [0.2, 0.25) is 0 Å². The van der Waals surface area contributed by atoms with Crippen LogP contribution in [0.2, 0.25) is 0 Å². The van der Waals surface area contributed by atoms with Gasteiger partial charge in [-0.25, -0.2) is 4.39 Å². The second kappa shape index (κ2) is 7.43. The molecule has 1 amide bonds. The number of nitrogens with one attached hydrogen (secondary N) is 2. The van der Waals surface area contributed by atoms with Gasteiger partial charge in [-0.05, 0) is 12.1 Å². The van der Waals surface area contributed by atoms with Crippen LogP contribution in [0.5, 0.6) is 5.75 Å². The SMILES string of the molecule is O=C(COc1ccccc1F)Nc1cc(-c2cccc([N+](=O)[O-])c2)[nH]n1. The number of carbonyl (C=O) groups excluding carboxylic acids is 1. The van der Waals surface area contributed by atoms with E-state index in [2.05, 4.69) is 15.5 Å². The number of hydrogen-bond donors (Lipinski definition) is 2. The molecule has 0 spiro atoms. The molecule has 9 heteroatoms. The van der Waals surface area contributed by atoms with Crippen molar-refractivity contribution in [2.45, 2.75) is 0 Å². The Bertz CT molecular complexity index is 957. The van der Waals surface area contributed by atoms with Crippen molar-refractivity contribution >= 4 is 17.4 Å². The van der Waals surface area contributed by atoms with Gasteiger partial charge in [-0.1, -0.05) is 24.3 Å². The molecule has 0 fully saturated rings. The number of para-hydroxylation sites is 1. The number of non-ortho nitro benzene ring substituents is 1. The maximum Gasteiger partial charge on any atom is 0.270 e. The molecule has 0 aliphatic rings. The molecular formula is C17H13FN4O4. The number of halogens is 1. The third kappa shape index (κ3) is 4.01. The molecule has 1 heterocycles. The van der Waals surface area contributed by atoms with E-state index in [-0.39, 0.29) is 23.9 Å². The number of anilines is 1. The largest absolute Gasteiger partial charge is 0.481 e. The Morgan fingerprint density at radius 1 is 1.23 bits per heavy atom. The second-order valence-electron chi connectivity index (χ2n) is 5.24. The third-order valence-electron chi connectivity index (χ3n) is 3.41. The minimum atomic E-state index is -0.562. The van der Waals surface area contributed by atoms with Crippen molar-refractivity contribution in [2.24, 2.45) is 0 Å². The summed E-state index contributed by atoms with van der Waals surface area (Å²) in [7, 11) is 0. The summed E-state index contributed by atoms with van der Waals surface area (Å²) in [5.41, 5.74) is 0.995. The molecule has 0 saturated carbocycles. The molecule has 8 nitrogen and oxygen atoms in total. The van der Waals surface area contributed by atoms with Crippen LogP contribution in [0, 0.1) is 15.9 Å². The van der Waals surface area contributed by atoms with Crippen LogP contribution < -0.4 is 10.1 Å². The number of carbonyl (C=O) groups is 1. The van der Waals surface area contributed by atoms with Gasteiger partial charge in [0.15, 0.2) is 24.0 Å². The maximum absolute atomic E-state index is 13.4. The van der Waals surface area contributed by atoms with Gasteiger partial charge in [-0.15, -0.1) is 0 Å². The first-order chi connectivity index (χ1) is 12.5. The predicted molar refractivity (Wildman–Crippen MR) is 91.2 cm³/mol. The summed E-state index contributed by atoms with van der Waals surface area (Å²) in [4.78, 5) is 22.2. The van der Waals surface area contributed by atoms with Gasteiger partial charge in [0.1, 0.15) is 0 Å². The van der Waals surface area contributed by atoms with Crippen LogP contribution in [0.3, 0.4) is 0 Å². The first-order valence-corrected chi connectivity index (χ1v) is 7.50. The molecule has 132 valence electrons. The Hall–Kier alpha value is -3.75. The number of ether oxygens (including phenoxy) is 1. The molecule has 0 aliphatic carbocycles. The van der Waals surface area contributed by atoms with E-state index in [9.17, 15) is 19.3 Å². The molecule has 0 radical (unpaired) electrons. The number of nitro benzene ring substituents is 1. The standard InChI is InChI=1S/C17H13FN4O4/c18-13-6-1-2-7-15(13)26-10-17(23)19-16-9-14(20-21-16)11-4-3-5-12(8-11)22(24)25/h1-9H,10H2,(H2,19,20,21,23). The first kappa shape index (κ1) is 17.1. The zero-order valence-corrected chi connectivity index (χ0v) is 13.3. The summed E-state index contributed by atoms with van der Waals surface area (Å²) in [5.74, 6) is -0.894. The van der Waals surface area contributed by atoms with Gasteiger partial charge < -0.3 is 10.1 Å². The number of amides is 1. The highest BCUT2D eigenvalue weighted by Gasteiger charge is 2.12. The first-order valence-electron chi connectivity index (χ1n) is 7.50. The van der Waals surface area contributed by atoms with Crippen molar-refractivity contribution < 1.29 is 18.8 Å². The Labute approximate surface area is 146 Å². The summed E-state index contributed by atoms with van der Waals surface area (Å²) in [5, 5.41) is 19.9. The second-order valence-corrected chi connectivity index (χ2v) is 5.24. The Morgan fingerprint density at radius 2 is 2.04 bits per heavy atom. The molecule has 2 N–H and O–H groups in total. The van der Waals surface area contributed by atoms with Crippen LogP contribution >= 0.6 is 0 Å². The van der Waals surface area contributed by atoms with E-state index in [0.29, 0.717) is 11.3 Å². The van der Waals surface area contributed by atoms with Crippen molar-refractivity contribution in [3.8, 4) is 17.0 Å². The number of aromatic amines is 1. The Morgan fingerprint density at radius 3 is 2.81 bits per heavy atom. The summed E-state index contributed by atoms with van der Waals surface area (Å²) >= 11 is 0. The molecule has 0 saturated heterocycles. The molecule has 0 bridgehead atoms. The van der Waals surface area contributed by atoms with Crippen molar-refractivity contribution in [3.63, 3.8) is 0 Å². The minimum absolute atomic E-state index is 0.0260. The molecule has 0 atom stereocenters. The van der Waals surface area contributed by atoms with E-state index in [0.717, 1.165) is 0 Å². The number of nitro groups is 1. The van der Waals surface area contributed by atoms with E-state index in [4.69, 9.17) is 4.74 Å². The molecule has 2 aromatic carbocycles. The summed E-state index contributed by atoms with van der Waals surface area (Å²) in [6.45, 7) is -0.389. The fourth-order valence-electron chi connectivity index (χ4n) is 2.20. The van der Waals surface area contributed by atoms with Crippen LogP contribution in [0.15, 0.2) is 54.6 Å². The lowest BCUT2D eigenvalue weighted by atomic mass is 10.1.